The quantitative estimate of drug-likeness (QED) is 0.758. The highest BCUT2D eigenvalue weighted by Crippen LogP contribution is 2.48. The molecule has 1 heterocycles. The number of halogens is 3. The zero-order valence-corrected chi connectivity index (χ0v) is 9.33. The lowest BCUT2D eigenvalue weighted by molar-refractivity contribution is -0.198. The van der Waals surface area contributed by atoms with E-state index in [2.05, 4.69) is 0 Å². The van der Waals surface area contributed by atoms with Crippen molar-refractivity contribution in [2.24, 2.45) is 29.4 Å². The molecule has 2 rings (SSSR count). The first kappa shape index (κ1) is 12.2. The minimum Gasteiger partial charge on any atom is -0.378 e. The van der Waals surface area contributed by atoms with Crippen molar-refractivity contribution in [2.45, 2.75) is 32.0 Å². The van der Waals surface area contributed by atoms with E-state index < -0.39 is 12.1 Å². The molecule has 2 fully saturated rings. The van der Waals surface area contributed by atoms with Crippen LogP contribution in [0.4, 0.5) is 13.2 Å². The van der Waals surface area contributed by atoms with Gasteiger partial charge in [0.25, 0.3) is 0 Å². The van der Waals surface area contributed by atoms with Crippen molar-refractivity contribution in [1.82, 2.24) is 0 Å². The molecule has 2 aliphatic rings. The molecule has 2 N–H and O–H groups in total. The summed E-state index contributed by atoms with van der Waals surface area (Å²) >= 11 is 0. The standard InChI is InChI=1S/C11H18F3NO/c1-6-5-16-9-3-8(11(12,13)14)2-7(4-15)10(6)9/h6-10H,2-5,15H2,1H3/t6-,7-,8-,9-,10+/m1/s1. The summed E-state index contributed by atoms with van der Waals surface area (Å²) < 4.78 is 43.6. The minimum atomic E-state index is -4.10. The Morgan fingerprint density at radius 3 is 2.56 bits per heavy atom. The number of hydrogen-bond donors (Lipinski definition) is 1. The Bertz CT molecular complexity index is 256. The first-order chi connectivity index (χ1) is 7.43. The molecule has 1 saturated heterocycles. The number of rotatable bonds is 1. The number of fused-ring (bicyclic) bond motifs is 1. The van der Waals surface area contributed by atoms with Crippen molar-refractivity contribution in [3.8, 4) is 0 Å². The van der Waals surface area contributed by atoms with Gasteiger partial charge in [-0.3, -0.25) is 0 Å². The zero-order valence-electron chi connectivity index (χ0n) is 9.33. The number of nitrogens with two attached hydrogens (primary N) is 1. The lowest BCUT2D eigenvalue weighted by Crippen LogP contribution is -2.43. The second kappa shape index (κ2) is 4.18. The smallest absolute Gasteiger partial charge is 0.378 e. The molecule has 0 unspecified atom stereocenters. The third-order valence-electron chi connectivity index (χ3n) is 4.07. The Balaban J connectivity index is 2.12. The van der Waals surface area contributed by atoms with Crippen LogP contribution in [0.25, 0.3) is 0 Å². The SMILES string of the molecule is C[C@@H]1CO[C@@H]2C[C@H](C(F)(F)F)C[C@H](CN)[C@H]12. The maximum atomic E-state index is 12.7. The van der Waals surface area contributed by atoms with Gasteiger partial charge in [-0.25, -0.2) is 0 Å². The third kappa shape index (κ3) is 2.07. The zero-order chi connectivity index (χ0) is 11.9. The Morgan fingerprint density at radius 2 is 2.00 bits per heavy atom. The van der Waals surface area contributed by atoms with E-state index in [9.17, 15) is 13.2 Å². The van der Waals surface area contributed by atoms with Crippen LogP contribution in [-0.2, 0) is 4.74 Å². The van der Waals surface area contributed by atoms with Gasteiger partial charge in [-0.05, 0) is 37.1 Å². The van der Waals surface area contributed by atoms with Gasteiger partial charge >= 0.3 is 6.18 Å². The summed E-state index contributed by atoms with van der Waals surface area (Å²) in [7, 11) is 0. The van der Waals surface area contributed by atoms with Gasteiger partial charge in [-0.1, -0.05) is 6.92 Å². The average molecular weight is 237 g/mol. The number of ether oxygens (including phenoxy) is 1. The van der Waals surface area contributed by atoms with Crippen molar-refractivity contribution >= 4 is 0 Å². The second-order valence-corrected chi connectivity index (χ2v) is 5.13. The van der Waals surface area contributed by atoms with Crippen molar-refractivity contribution in [3.05, 3.63) is 0 Å². The Hall–Kier alpha value is -0.290. The molecule has 0 aromatic rings. The van der Waals surface area contributed by atoms with Gasteiger partial charge in [0.15, 0.2) is 0 Å². The molecule has 0 bridgehead atoms. The highest BCUT2D eigenvalue weighted by molar-refractivity contribution is 4.95. The summed E-state index contributed by atoms with van der Waals surface area (Å²) in [6.07, 6.45) is -4.04. The molecule has 0 amide bonds. The molecule has 0 spiro atoms. The average Bonchev–Trinajstić information content (AvgIpc) is 2.58. The van der Waals surface area contributed by atoms with Gasteiger partial charge in [-0.2, -0.15) is 13.2 Å². The van der Waals surface area contributed by atoms with Crippen LogP contribution in [0.2, 0.25) is 0 Å². The van der Waals surface area contributed by atoms with Crippen LogP contribution in [0.5, 0.6) is 0 Å². The molecule has 5 heteroatoms. The van der Waals surface area contributed by atoms with E-state index in [0.29, 0.717) is 19.1 Å². The van der Waals surface area contributed by atoms with E-state index in [4.69, 9.17) is 10.5 Å². The summed E-state index contributed by atoms with van der Waals surface area (Å²) in [6, 6.07) is 0. The van der Waals surface area contributed by atoms with Crippen molar-refractivity contribution < 1.29 is 17.9 Å². The molecule has 1 saturated carbocycles. The van der Waals surface area contributed by atoms with E-state index in [1.807, 2.05) is 6.92 Å². The van der Waals surface area contributed by atoms with Crippen LogP contribution >= 0.6 is 0 Å². The van der Waals surface area contributed by atoms with E-state index in [0.717, 1.165) is 0 Å². The molecule has 16 heavy (non-hydrogen) atoms. The number of hydrogen-bond acceptors (Lipinski definition) is 2. The lowest BCUT2D eigenvalue weighted by atomic mass is 9.69. The minimum absolute atomic E-state index is 0.0390. The van der Waals surface area contributed by atoms with Crippen LogP contribution in [0.15, 0.2) is 0 Å². The second-order valence-electron chi connectivity index (χ2n) is 5.13. The van der Waals surface area contributed by atoms with Crippen molar-refractivity contribution in [2.75, 3.05) is 13.2 Å². The molecule has 1 aliphatic carbocycles. The van der Waals surface area contributed by atoms with Gasteiger partial charge in [0.2, 0.25) is 0 Å². The van der Waals surface area contributed by atoms with Gasteiger partial charge in [0.1, 0.15) is 0 Å². The fraction of sp³-hybridized carbons (Fsp3) is 1.00. The first-order valence-corrected chi connectivity index (χ1v) is 5.82. The Kier molecular flexibility index (Phi) is 3.18. The van der Waals surface area contributed by atoms with Gasteiger partial charge in [-0.15, -0.1) is 0 Å². The molecule has 0 radical (unpaired) electrons. The van der Waals surface area contributed by atoms with E-state index in [1.165, 1.54) is 0 Å². The predicted molar refractivity (Wildman–Crippen MR) is 53.7 cm³/mol. The summed E-state index contributed by atoms with van der Waals surface area (Å²) in [4.78, 5) is 0. The van der Waals surface area contributed by atoms with E-state index >= 15 is 0 Å². The molecule has 0 aromatic heterocycles. The molecule has 2 nitrogen and oxygen atoms in total. The topological polar surface area (TPSA) is 35.2 Å². The molecule has 0 aromatic carbocycles. The van der Waals surface area contributed by atoms with Crippen molar-refractivity contribution in [1.29, 1.82) is 0 Å². The summed E-state index contributed by atoms with van der Waals surface area (Å²) in [6.45, 7) is 2.96. The van der Waals surface area contributed by atoms with Crippen LogP contribution in [0.1, 0.15) is 19.8 Å². The highest BCUT2D eigenvalue weighted by atomic mass is 19.4. The predicted octanol–water partition coefficient (Wildman–Crippen LogP) is 2.18. The summed E-state index contributed by atoms with van der Waals surface area (Å²) in [5, 5.41) is 0. The third-order valence-corrected chi connectivity index (χ3v) is 4.07. The Labute approximate surface area is 93.3 Å². The van der Waals surface area contributed by atoms with Crippen LogP contribution in [0, 0.1) is 23.7 Å². The van der Waals surface area contributed by atoms with E-state index in [-0.39, 0.29) is 30.8 Å². The monoisotopic (exact) mass is 237 g/mol. The van der Waals surface area contributed by atoms with E-state index in [1.54, 1.807) is 0 Å². The largest absolute Gasteiger partial charge is 0.391 e. The Morgan fingerprint density at radius 1 is 1.31 bits per heavy atom. The normalized spacial score (nSPS) is 44.4. The van der Waals surface area contributed by atoms with Crippen molar-refractivity contribution in [3.63, 3.8) is 0 Å². The molecular weight excluding hydrogens is 219 g/mol. The molecule has 94 valence electrons. The van der Waals surface area contributed by atoms with Crippen LogP contribution in [0.3, 0.4) is 0 Å². The maximum Gasteiger partial charge on any atom is 0.391 e. The fourth-order valence-corrected chi connectivity index (χ4v) is 3.28. The molecular formula is C11H18F3NO. The molecule has 5 atom stereocenters. The first-order valence-electron chi connectivity index (χ1n) is 5.82. The van der Waals surface area contributed by atoms with Gasteiger partial charge in [0.05, 0.1) is 12.0 Å². The van der Waals surface area contributed by atoms with Gasteiger partial charge in [0, 0.05) is 6.61 Å². The summed E-state index contributed by atoms with van der Waals surface area (Å²) in [5.41, 5.74) is 5.60. The fourth-order valence-electron chi connectivity index (χ4n) is 3.28. The highest BCUT2D eigenvalue weighted by Gasteiger charge is 2.51. The van der Waals surface area contributed by atoms with Crippen LogP contribution in [-0.4, -0.2) is 25.4 Å². The molecule has 1 aliphatic heterocycles. The maximum absolute atomic E-state index is 12.7. The lowest BCUT2D eigenvalue weighted by Gasteiger charge is -2.39. The van der Waals surface area contributed by atoms with Crippen LogP contribution < -0.4 is 5.73 Å². The summed E-state index contributed by atoms with van der Waals surface area (Å²) in [5.74, 6) is -0.702. The number of alkyl halides is 3. The van der Waals surface area contributed by atoms with Gasteiger partial charge < -0.3 is 10.5 Å².